The second-order valence-corrected chi connectivity index (χ2v) is 6.19. The summed E-state index contributed by atoms with van der Waals surface area (Å²) >= 11 is 0. The predicted molar refractivity (Wildman–Crippen MR) is 94.6 cm³/mol. The van der Waals surface area contributed by atoms with Crippen LogP contribution < -0.4 is 10.6 Å². The van der Waals surface area contributed by atoms with E-state index in [0.717, 1.165) is 18.5 Å². The Balaban J connectivity index is 1.49. The van der Waals surface area contributed by atoms with Gasteiger partial charge in [0, 0.05) is 32.1 Å². The molecule has 0 aromatic heterocycles. The average Bonchev–Trinajstić information content (AvgIpc) is 3.07. The summed E-state index contributed by atoms with van der Waals surface area (Å²) in [5.41, 5.74) is 1.07. The van der Waals surface area contributed by atoms with Gasteiger partial charge in [0.2, 0.25) is 5.91 Å². The van der Waals surface area contributed by atoms with Crippen LogP contribution in [0.1, 0.15) is 25.3 Å². The number of hydrogen-bond donors (Lipinski definition) is 2. The number of rotatable bonds is 4. The maximum Gasteiger partial charge on any atom is 0.315 e. The molecule has 2 N–H and O–H groups in total. The lowest BCUT2D eigenvalue weighted by Gasteiger charge is -2.16. The first-order valence-electron chi connectivity index (χ1n) is 8.45. The topological polar surface area (TPSA) is 61.4 Å². The van der Waals surface area contributed by atoms with E-state index >= 15 is 0 Å². The first kappa shape index (κ1) is 16.3. The van der Waals surface area contributed by atoms with E-state index in [-0.39, 0.29) is 18.0 Å². The van der Waals surface area contributed by atoms with Gasteiger partial charge < -0.3 is 15.5 Å². The van der Waals surface area contributed by atoms with E-state index in [1.165, 1.54) is 10.8 Å². The number of nitrogens with zero attached hydrogens (tertiary/aromatic N) is 1. The minimum absolute atomic E-state index is 0.0390. The highest BCUT2D eigenvalue weighted by molar-refractivity contribution is 5.83. The van der Waals surface area contributed by atoms with Crippen LogP contribution in [0, 0.1) is 0 Å². The number of hydrogen-bond acceptors (Lipinski definition) is 2. The van der Waals surface area contributed by atoms with Crippen molar-refractivity contribution in [2.45, 2.75) is 32.4 Å². The average molecular weight is 325 g/mol. The van der Waals surface area contributed by atoms with Gasteiger partial charge in [-0.25, -0.2) is 4.79 Å². The molecule has 1 saturated heterocycles. The van der Waals surface area contributed by atoms with E-state index in [2.05, 4.69) is 34.9 Å². The molecule has 0 saturated carbocycles. The van der Waals surface area contributed by atoms with Crippen LogP contribution in [0.3, 0.4) is 0 Å². The summed E-state index contributed by atoms with van der Waals surface area (Å²) in [6, 6.07) is 14.2. The predicted octanol–water partition coefficient (Wildman–Crippen LogP) is 2.65. The Kier molecular flexibility index (Phi) is 4.99. The summed E-state index contributed by atoms with van der Waals surface area (Å²) in [6.45, 7) is 3.68. The second-order valence-electron chi connectivity index (χ2n) is 6.19. The van der Waals surface area contributed by atoms with E-state index in [1.54, 1.807) is 0 Å². The Labute approximate surface area is 142 Å². The molecule has 2 aromatic carbocycles. The van der Waals surface area contributed by atoms with Gasteiger partial charge in [0.05, 0.1) is 0 Å². The fourth-order valence-electron chi connectivity index (χ4n) is 3.10. The van der Waals surface area contributed by atoms with E-state index in [9.17, 15) is 9.59 Å². The molecule has 24 heavy (non-hydrogen) atoms. The molecule has 1 aliphatic rings. The summed E-state index contributed by atoms with van der Waals surface area (Å²) in [5.74, 6) is 0.149. The van der Waals surface area contributed by atoms with E-state index in [0.29, 0.717) is 19.5 Å². The molecule has 1 heterocycles. The molecule has 3 rings (SSSR count). The molecular formula is C19H23N3O2. The quantitative estimate of drug-likeness (QED) is 0.908. The molecule has 0 unspecified atom stereocenters. The standard InChI is InChI=1S/C19H23N3O2/c1-2-18(23)22-10-9-17(13-22)21-19(24)20-12-14-7-8-15-5-3-4-6-16(15)11-14/h3-8,11,17H,2,9-10,12-13H2,1H3,(H2,20,21,24)/t17-/m1/s1. The Bertz CT molecular complexity index is 744. The number of likely N-dealkylation sites (tertiary alicyclic amines) is 1. The van der Waals surface area contributed by atoms with Gasteiger partial charge in [-0.15, -0.1) is 0 Å². The SMILES string of the molecule is CCC(=O)N1CC[C@@H](NC(=O)NCc2ccc3ccccc3c2)C1. The fraction of sp³-hybridized carbons (Fsp3) is 0.368. The van der Waals surface area contributed by atoms with Crippen LogP contribution in [0.5, 0.6) is 0 Å². The van der Waals surface area contributed by atoms with Gasteiger partial charge >= 0.3 is 6.03 Å². The molecule has 1 atom stereocenters. The van der Waals surface area contributed by atoms with Gasteiger partial charge in [-0.2, -0.15) is 0 Å². The van der Waals surface area contributed by atoms with Crippen molar-refractivity contribution in [3.8, 4) is 0 Å². The van der Waals surface area contributed by atoms with Gasteiger partial charge in [0.15, 0.2) is 0 Å². The van der Waals surface area contributed by atoms with Gasteiger partial charge in [-0.05, 0) is 28.8 Å². The lowest BCUT2D eigenvalue weighted by atomic mass is 10.1. The third-order valence-electron chi connectivity index (χ3n) is 4.45. The van der Waals surface area contributed by atoms with Crippen molar-refractivity contribution >= 4 is 22.7 Å². The largest absolute Gasteiger partial charge is 0.341 e. The van der Waals surface area contributed by atoms with Gasteiger partial charge in [0.25, 0.3) is 0 Å². The molecule has 0 bridgehead atoms. The van der Waals surface area contributed by atoms with Crippen molar-refractivity contribution in [3.63, 3.8) is 0 Å². The summed E-state index contributed by atoms with van der Waals surface area (Å²) < 4.78 is 0. The molecule has 2 aromatic rings. The van der Waals surface area contributed by atoms with Crippen LogP contribution in [0.25, 0.3) is 10.8 Å². The molecule has 1 fully saturated rings. The van der Waals surface area contributed by atoms with Gasteiger partial charge in [-0.3, -0.25) is 4.79 Å². The van der Waals surface area contributed by atoms with E-state index in [4.69, 9.17) is 0 Å². The van der Waals surface area contributed by atoms with E-state index < -0.39 is 0 Å². The first-order valence-corrected chi connectivity index (χ1v) is 8.45. The highest BCUT2D eigenvalue weighted by atomic mass is 16.2. The number of fused-ring (bicyclic) bond motifs is 1. The summed E-state index contributed by atoms with van der Waals surface area (Å²) in [4.78, 5) is 25.5. The number of urea groups is 1. The van der Waals surface area contributed by atoms with Crippen molar-refractivity contribution in [1.82, 2.24) is 15.5 Å². The zero-order valence-corrected chi connectivity index (χ0v) is 13.9. The molecule has 5 heteroatoms. The van der Waals surface area contributed by atoms with Gasteiger partial charge in [-0.1, -0.05) is 43.3 Å². The smallest absolute Gasteiger partial charge is 0.315 e. The number of amides is 3. The molecule has 0 radical (unpaired) electrons. The Morgan fingerprint density at radius 2 is 1.96 bits per heavy atom. The highest BCUT2D eigenvalue weighted by Gasteiger charge is 2.26. The van der Waals surface area contributed by atoms with Crippen molar-refractivity contribution in [2.75, 3.05) is 13.1 Å². The Hall–Kier alpha value is -2.56. The van der Waals surface area contributed by atoms with Crippen LogP contribution in [0.15, 0.2) is 42.5 Å². The zero-order valence-electron chi connectivity index (χ0n) is 13.9. The van der Waals surface area contributed by atoms with Crippen molar-refractivity contribution in [1.29, 1.82) is 0 Å². The van der Waals surface area contributed by atoms with Crippen LogP contribution in [0.4, 0.5) is 4.79 Å². The molecular weight excluding hydrogens is 302 g/mol. The highest BCUT2D eigenvalue weighted by Crippen LogP contribution is 2.15. The minimum atomic E-state index is -0.182. The molecule has 0 aliphatic carbocycles. The number of carbonyl (C=O) groups excluding carboxylic acids is 2. The third-order valence-corrected chi connectivity index (χ3v) is 4.45. The van der Waals surface area contributed by atoms with Gasteiger partial charge in [0.1, 0.15) is 0 Å². The van der Waals surface area contributed by atoms with Crippen LogP contribution in [-0.4, -0.2) is 36.0 Å². The number of benzene rings is 2. The monoisotopic (exact) mass is 325 g/mol. The maximum absolute atomic E-state index is 12.1. The molecule has 126 valence electrons. The third kappa shape index (κ3) is 3.85. The first-order chi connectivity index (χ1) is 11.7. The van der Waals surface area contributed by atoms with Crippen LogP contribution in [0.2, 0.25) is 0 Å². The van der Waals surface area contributed by atoms with E-state index in [1.807, 2.05) is 30.0 Å². The summed E-state index contributed by atoms with van der Waals surface area (Å²) in [5, 5.41) is 8.21. The molecule has 0 spiro atoms. The lowest BCUT2D eigenvalue weighted by Crippen LogP contribution is -2.43. The van der Waals surface area contributed by atoms with Crippen molar-refractivity contribution < 1.29 is 9.59 Å². The fourth-order valence-corrected chi connectivity index (χ4v) is 3.10. The minimum Gasteiger partial charge on any atom is -0.341 e. The molecule has 3 amide bonds. The Morgan fingerprint density at radius 3 is 2.75 bits per heavy atom. The zero-order chi connectivity index (χ0) is 16.9. The lowest BCUT2D eigenvalue weighted by molar-refractivity contribution is -0.129. The Morgan fingerprint density at radius 1 is 1.17 bits per heavy atom. The number of nitrogens with one attached hydrogen (secondary N) is 2. The van der Waals surface area contributed by atoms with Crippen molar-refractivity contribution in [2.24, 2.45) is 0 Å². The van der Waals surface area contributed by atoms with Crippen molar-refractivity contribution in [3.05, 3.63) is 48.0 Å². The second kappa shape index (κ2) is 7.34. The molecule has 1 aliphatic heterocycles. The van der Waals surface area contributed by atoms with Crippen LogP contribution >= 0.6 is 0 Å². The summed E-state index contributed by atoms with van der Waals surface area (Å²) in [6.07, 6.45) is 1.33. The number of carbonyl (C=O) groups is 2. The normalized spacial score (nSPS) is 17.0. The summed E-state index contributed by atoms with van der Waals surface area (Å²) in [7, 11) is 0. The maximum atomic E-state index is 12.1. The molecule has 5 nitrogen and oxygen atoms in total. The van der Waals surface area contributed by atoms with Crippen LogP contribution in [-0.2, 0) is 11.3 Å².